The molecule has 0 fully saturated rings. The highest BCUT2D eigenvalue weighted by molar-refractivity contribution is 6.07. The maximum absolute atomic E-state index is 6.60. The van der Waals surface area contributed by atoms with E-state index in [1.807, 2.05) is 60.7 Å². The standard InChI is InChI=1S/C45H28N4O2/c1-2-10-27(11-3-1)43-46-44(28-18-21-34-33-14-6-9-17-39(33)50-40(34)24-28)48-45(47-43)29-19-22-35-36-23-20-30(26-42(36)51-41(35)25-29)49-37-15-7-4-12-31(37)32-13-5-8-16-38(32)49/h1-26,31,37H. The van der Waals surface area contributed by atoms with Gasteiger partial charge in [-0.3, -0.25) is 0 Å². The van der Waals surface area contributed by atoms with E-state index in [1.54, 1.807) is 0 Å². The molecule has 2 atom stereocenters. The molecule has 6 aromatic carbocycles. The van der Waals surface area contributed by atoms with Gasteiger partial charge in [0.25, 0.3) is 0 Å². The highest BCUT2D eigenvalue weighted by Gasteiger charge is 2.37. The lowest BCUT2D eigenvalue weighted by atomic mass is 9.91. The zero-order valence-corrected chi connectivity index (χ0v) is 27.3. The molecule has 0 amide bonds. The topological polar surface area (TPSA) is 68.2 Å². The van der Waals surface area contributed by atoms with Crippen LogP contribution in [0.5, 0.6) is 0 Å². The van der Waals surface area contributed by atoms with E-state index in [4.69, 9.17) is 23.8 Å². The van der Waals surface area contributed by atoms with Crippen LogP contribution in [0.25, 0.3) is 78.0 Å². The van der Waals surface area contributed by atoms with Crippen LogP contribution in [-0.4, -0.2) is 21.0 Å². The maximum Gasteiger partial charge on any atom is 0.164 e. The van der Waals surface area contributed by atoms with Crippen LogP contribution in [0.2, 0.25) is 0 Å². The van der Waals surface area contributed by atoms with Crippen molar-refractivity contribution >= 4 is 55.3 Å². The predicted octanol–water partition coefficient (Wildman–Crippen LogP) is 11.4. The highest BCUT2D eigenvalue weighted by Crippen LogP contribution is 2.48. The van der Waals surface area contributed by atoms with Crippen LogP contribution in [0.4, 0.5) is 11.4 Å². The molecule has 2 aliphatic rings. The van der Waals surface area contributed by atoms with Gasteiger partial charge < -0.3 is 13.7 Å². The van der Waals surface area contributed by atoms with E-state index in [-0.39, 0.29) is 6.04 Å². The van der Waals surface area contributed by atoms with Gasteiger partial charge in [0.05, 0.1) is 6.04 Å². The van der Waals surface area contributed by atoms with Crippen LogP contribution in [0.1, 0.15) is 11.5 Å². The Hall–Kier alpha value is -6.79. The quantitative estimate of drug-likeness (QED) is 0.188. The van der Waals surface area contributed by atoms with Crippen molar-refractivity contribution < 1.29 is 8.83 Å². The van der Waals surface area contributed by atoms with Gasteiger partial charge in [-0.05, 0) is 54.1 Å². The lowest BCUT2D eigenvalue weighted by Gasteiger charge is -2.28. The van der Waals surface area contributed by atoms with E-state index in [1.165, 1.54) is 11.3 Å². The number of benzene rings is 6. The number of fused-ring (bicyclic) bond motifs is 9. The molecule has 0 radical (unpaired) electrons. The summed E-state index contributed by atoms with van der Waals surface area (Å²) in [5.41, 5.74) is 9.59. The summed E-state index contributed by atoms with van der Waals surface area (Å²) >= 11 is 0. The summed E-state index contributed by atoms with van der Waals surface area (Å²) in [7, 11) is 0. The van der Waals surface area contributed by atoms with E-state index in [0.29, 0.717) is 23.4 Å². The molecule has 0 spiro atoms. The van der Waals surface area contributed by atoms with Crippen molar-refractivity contribution in [1.82, 2.24) is 15.0 Å². The lowest BCUT2D eigenvalue weighted by Crippen LogP contribution is -2.28. The van der Waals surface area contributed by atoms with Gasteiger partial charge in [0.1, 0.15) is 22.3 Å². The molecular weight excluding hydrogens is 629 g/mol. The van der Waals surface area contributed by atoms with Gasteiger partial charge in [-0.15, -0.1) is 0 Å². The molecule has 4 heterocycles. The minimum Gasteiger partial charge on any atom is -0.456 e. The number of aromatic nitrogens is 3. The molecule has 6 heteroatoms. The first-order valence-electron chi connectivity index (χ1n) is 17.2. The highest BCUT2D eigenvalue weighted by atomic mass is 16.3. The smallest absolute Gasteiger partial charge is 0.164 e. The molecule has 6 nitrogen and oxygen atoms in total. The van der Waals surface area contributed by atoms with E-state index in [0.717, 1.165) is 66.3 Å². The average molecular weight is 657 g/mol. The first-order chi connectivity index (χ1) is 25.2. The summed E-state index contributed by atoms with van der Waals surface area (Å²) in [5, 5.41) is 4.27. The molecule has 51 heavy (non-hydrogen) atoms. The van der Waals surface area contributed by atoms with Crippen molar-refractivity contribution in [2.45, 2.75) is 12.0 Å². The molecule has 3 aromatic heterocycles. The molecule has 1 aliphatic heterocycles. The maximum atomic E-state index is 6.60. The summed E-state index contributed by atoms with van der Waals surface area (Å²) in [6.07, 6.45) is 8.90. The Morgan fingerprint density at radius 2 is 1.02 bits per heavy atom. The van der Waals surface area contributed by atoms with Crippen molar-refractivity contribution in [3.05, 3.63) is 163 Å². The van der Waals surface area contributed by atoms with Crippen LogP contribution in [0.3, 0.4) is 0 Å². The fourth-order valence-corrected chi connectivity index (χ4v) is 7.86. The third-order valence-electron chi connectivity index (χ3n) is 10.3. The number of hydrogen-bond acceptors (Lipinski definition) is 6. The van der Waals surface area contributed by atoms with E-state index in [9.17, 15) is 0 Å². The molecule has 0 N–H and O–H groups in total. The van der Waals surface area contributed by atoms with Gasteiger partial charge in [-0.2, -0.15) is 0 Å². The third kappa shape index (κ3) is 4.40. The summed E-state index contributed by atoms with van der Waals surface area (Å²) in [6.45, 7) is 0. The summed E-state index contributed by atoms with van der Waals surface area (Å²) < 4.78 is 12.8. The van der Waals surface area contributed by atoms with Gasteiger partial charge in [0.15, 0.2) is 17.5 Å². The van der Waals surface area contributed by atoms with Crippen LogP contribution in [0.15, 0.2) is 167 Å². The number of allylic oxidation sites excluding steroid dienone is 2. The zero-order chi connectivity index (χ0) is 33.5. The molecule has 2 unspecified atom stereocenters. The first kappa shape index (κ1) is 28.1. The molecular formula is C45H28N4O2. The van der Waals surface area contributed by atoms with E-state index >= 15 is 0 Å². The Labute approximate surface area is 292 Å². The Kier molecular flexibility index (Phi) is 5.98. The van der Waals surface area contributed by atoms with E-state index < -0.39 is 0 Å². The fraction of sp³-hybridized carbons (Fsp3) is 0.0444. The molecule has 0 saturated carbocycles. The number of rotatable bonds is 4. The Morgan fingerprint density at radius 3 is 1.78 bits per heavy atom. The van der Waals surface area contributed by atoms with Crippen molar-refractivity contribution in [2.24, 2.45) is 0 Å². The van der Waals surface area contributed by atoms with Crippen molar-refractivity contribution in [1.29, 1.82) is 0 Å². The van der Waals surface area contributed by atoms with Crippen LogP contribution in [-0.2, 0) is 0 Å². The second-order valence-corrected chi connectivity index (χ2v) is 13.2. The largest absolute Gasteiger partial charge is 0.456 e. The minimum atomic E-state index is 0.227. The molecule has 240 valence electrons. The summed E-state index contributed by atoms with van der Waals surface area (Å²) in [5.74, 6) is 2.08. The van der Waals surface area contributed by atoms with Gasteiger partial charge in [-0.25, -0.2) is 15.0 Å². The first-order valence-corrected chi connectivity index (χ1v) is 17.2. The molecule has 9 aromatic rings. The second kappa shape index (κ2) is 10.9. The Morgan fingerprint density at radius 1 is 0.451 bits per heavy atom. The summed E-state index contributed by atoms with van der Waals surface area (Å²) in [4.78, 5) is 17.4. The van der Waals surface area contributed by atoms with Crippen LogP contribution < -0.4 is 4.90 Å². The van der Waals surface area contributed by atoms with Gasteiger partial charge in [-0.1, -0.05) is 103 Å². The molecule has 0 bridgehead atoms. The molecule has 11 rings (SSSR count). The van der Waals surface area contributed by atoms with Gasteiger partial charge in [0.2, 0.25) is 0 Å². The van der Waals surface area contributed by atoms with Gasteiger partial charge >= 0.3 is 0 Å². The van der Waals surface area contributed by atoms with Crippen molar-refractivity contribution in [3.8, 4) is 34.2 Å². The minimum absolute atomic E-state index is 0.227. The predicted molar refractivity (Wildman–Crippen MR) is 204 cm³/mol. The normalized spacial score (nSPS) is 16.4. The molecule has 1 aliphatic carbocycles. The summed E-state index contributed by atoms with van der Waals surface area (Å²) in [6, 6.07) is 46.0. The zero-order valence-electron chi connectivity index (χ0n) is 27.3. The monoisotopic (exact) mass is 656 g/mol. The number of para-hydroxylation sites is 2. The van der Waals surface area contributed by atoms with Crippen LogP contribution >= 0.6 is 0 Å². The van der Waals surface area contributed by atoms with Crippen molar-refractivity contribution in [2.75, 3.05) is 4.90 Å². The second-order valence-electron chi connectivity index (χ2n) is 13.2. The fourth-order valence-electron chi connectivity index (χ4n) is 7.86. The number of hydrogen-bond donors (Lipinski definition) is 0. The SMILES string of the molecule is C1=CC2c3ccccc3N(c3ccc4c(c3)oc3cc(-c5nc(-c6ccccc6)nc(-c6ccc7c(c6)oc6ccccc67)n5)ccc34)C2C=C1. The lowest BCUT2D eigenvalue weighted by molar-refractivity contribution is 0.668. The van der Waals surface area contributed by atoms with Gasteiger partial charge in [0, 0.05) is 61.6 Å². The number of nitrogens with zero attached hydrogens (tertiary/aromatic N) is 4. The number of anilines is 2. The Bertz CT molecular complexity index is 2900. The van der Waals surface area contributed by atoms with E-state index in [2.05, 4.69) is 102 Å². The van der Waals surface area contributed by atoms with Crippen molar-refractivity contribution in [3.63, 3.8) is 0 Å². The average Bonchev–Trinajstić information content (AvgIpc) is 3.86. The van der Waals surface area contributed by atoms with Crippen LogP contribution in [0, 0.1) is 0 Å². The third-order valence-corrected chi connectivity index (χ3v) is 10.3. The molecule has 0 saturated heterocycles. The number of furan rings is 2. The Balaban J connectivity index is 1.02.